The van der Waals surface area contributed by atoms with Crippen molar-refractivity contribution in [3.63, 3.8) is 0 Å². The molecule has 0 N–H and O–H groups in total. The summed E-state index contributed by atoms with van der Waals surface area (Å²) in [5.74, 6) is 1.13. The summed E-state index contributed by atoms with van der Waals surface area (Å²) in [7, 11) is 0. The van der Waals surface area contributed by atoms with Crippen molar-refractivity contribution in [2.75, 3.05) is 33.0 Å². The van der Waals surface area contributed by atoms with Crippen LogP contribution in [0.1, 0.15) is 118 Å². The molecule has 0 aliphatic carbocycles. The van der Waals surface area contributed by atoms with Crippen molar-refractivity contribution < 1.29 is 19.0 Å². The normalized spacial score (nSPS) is 13.3. The molecule has 0 aromatic heterocycles. The third-order valence-corrected chi connectivity index (χ3v) is 5.85. The van der Waals surface area contributed by atoms with Gasteiger partial charge in [0, 0.05) is 19.6 Å². The van der Waals surface area contributed by atoms with Gasteiger partial charge in [0.25, 0.3) is 0 Å². The van der Waals surface area contributed by atoms with Crippen molar-refractivity contribution in [2.45, 2.75) is 118 Å². The summed E-state index contributed by atoms with van der Waals surface area (Å²) in [5, 5.41) is 0. The van der Waals surface area contributed by atoms with Gasteiger partial charge in [-0.15, -0.1) is 0 Å². The molecule has 2 atom stereocenters. The van der Waals surface area contributed by atoms with E-state index in [1.165, 1.54) is 77.0 Å². The van der Waals surface area contributed by atoms with E-state index in [9.17, 15) is 4.79 Å². The molecule has 0 aliphatic heterocycles. The molecule has 0 aliphatic rings. The molecule has 0 rings (SSSR count). The van der Waals surface area contributed by atoms with Gasteiger partial charge >= 0.3 is 5.97 Å². The molecular weight excluding hydrogens is 376 g/mol. The quantitative estimate of drug-likeness (QED) is 0.126. The zero-order chi connectivity index (χ0) is 22.3. The van der Waals surface area contributed by atoms with Crippen molar-refractivity contribution in [3.05, 3.63) is 0 Å². The van der Waals surface area contributed by atoms with Crippen molar-refractivity contribution >= 4 is 5.97 Å². The molecular formula is C26H52O4. The molecule has 0 spiro atoms. The molecule has 0 saturated heterocycles. The maximum absolute atomic E-state index is 12.0. The molecule has 30 heavy (non-hydrogen) atoms. The molecule has 0 fully saturated rings. The third-order valence-electron chi connectivity index (χ3n) is 5.85. The number of rotatable bonds is 23. The van der Waals surface area contributed by atoms with E-state index in [1.54, 1.807) is 0 Å². The van der Waals surface area contributed by atoms with Crippen molar-refractivity contribution in [1.82, 2.24) is 0 Å². The van der Waals surface area contributed by atoms with Crippen LogP contribution in [0.3, 0.4) is 0 Å². The molecule has 4 heteroatoms. The van der Waals surface area contributed by atoms with Crippen LogP contribution in [-0.4, -0.2) is 39.0 Å². The van der Waals surface area contributed by atoms with Crippen molar-refractivity contribution in [3.8, 4) is 0 Å². The molecule has 0 amide bonds. The van der Waals surface area contributed by atoms with Crippen LogP contribution in [0.2, 0.25) is 0 Å². The largest absolute Gasteiger partial charge is 0.465 e. The highest BCUT2D eigenvalue weighted by atomic mass is 16.5. The van der Waals surface area contributed by atoms with E-state index in [4.69, 9.17) is 14.2 Å². The lowest BCUT2D eigenvalue weighted by Gasteiger charge is -2.17. The summed E-state index contributed by atoms with van der Waals surface area (Å²) in [4.78, 5) is 12.0. The van der Waals surface area contributed by atoms with Crippen LogP contribution in [-0.2, 0) is 19.0 Å². The van der Waals surface area contributed by atoms with Crippen molar-refractivity contribution in [2.24, 2.45) is 11.8 Å². The van der Waals surface area contributed by atoms with Crippen LogP contribution in [0.4, 0.5) is 0 Å². The lowest BCUT2D eigenvalue weighted by Crippen LogP contribution is -2.15. The zero-order valence-electron chi connectivity index (χ0n) is 20.7. The van der Waals surface area contributed by atoms with Gasteiger partial charge in [-0.1, -0.05) is 85.5 Å². The maximum atomic E-state index is 12.0. The van der Waals surface area contributed by atoms with Gasteiger partial charge < -0.3 is 14.2 Å². The molecule has 180 valence electrons. The molecule has 0 bridgehead atoms. The number of unbranched alkanes of at least 4 members (excludes halogenated alkanes) is 5. The Hall–Kier alpha value is -0.610. The second kappa shape index (κ2) is 23.1. The average molecular weight is 429 g/mol. The number of hydrogen-bond donors (Lipinski definition) is 0. The molecule has 0 radical (unpaired) electrons. The van der Waals surface area contributed by atoms with E-state index >= 15 is 0 Å². The van der Waals surface area contributed by atoms with E-state index in [2.05, 4.69) is 27.7 Å². The highest BCUT2D eigenvalue weighted by Gasteiger charge is 2.12. The molecule has 0 heterocycles. The first-order valence-corrected chi connectivity index (χ1v) is 13.0. The molecule has 4 nitrogen and oxygen atoms in total. The highest BCUT2D eigenvalue weighted by Crippen LogP contribution is 2.18. The third kappa shape index (κ3) is 19.4. The van der Waals surface area contributed by atoms with E-state index < -0.39 is 0 Å². The van der Waals surface area contributed by atoms with Gasteiger partial charge in [0.05, 0.1) is 19.8 Å². The molecule has 0 saturated carbocycles. The Morgan fingerprint density at radius 3 is 1.93 bits per heavy atom. The van der Waals surface area contributed by atoms with Gasteiger partial charge in [0.15, 0.2) is 0 Å². The van der Waals surface area contributed by atoms with Gasteiger partial charge in [-0.25, -0.2) is 0 Å². The number of carbonyl (C=O) groups is 1. The van der Waals surface area contributed by atoms with Gasteiger partial charge in [0.1, 0.15) is 0 Å². The zero-order valence-corrected chi connectivity index (χ0v) is 20.7. The van der Waals surface area contributed by atoms with E-state index in [-0.39, 0.29) is 5.97 Å². The number of ether oxygens (including phenoxy) is 3. The molecule has 0 aromatic rings. The van der Waals surface area contributed by atoms with E-state index in [0.29, 0.717) is 44.7 Å². The van der Waals surface area contributed by atoms with Crippen LogP contribution in [0.15, 0.2) is 0 Å². The highest BCUT2D eigenvalue weighted by molar-refractivity contribution is 5.69. The van der Waals surface area contributed by atoms with Gasteiger partial charge in [0.2, 0.25) is 0 Å². The number of hydrogen-bond acceptors (Lipinski definition) is 4. The fourth-order valence-electron chi connectivity index (χ4n) is 3.63. The molecule has 2 unspecified atom stereocenters. The van der Waals surface area contributed by atoms with Gasteiger partial charge in [-0.2, -0.15) is 0 Å². The minimum atomic E-state index is -0.0772. The number of esters is 1. The maximum Gasteiger partial charge on any atom is 0.305 e. The smallest absolute Gasteiger partial charge is 0.305 e. The van der Waals surface area contributed by atoms with Crippen molar-refractivity contribution in [1.29, 1.82) is 0 Å². The fourth-order valence-corrected chi connectivity index (χ4v) is 3.63. The first-order valence-electron chi connectivity index (χ1n) is 13.0. The predicted octanol–water partition coefficient (Wildman–Crippen LogP) is 7.34. The van der Waals surface area contributed by atoms with Gasteiger partial charge in [-0.05, 0) is 37.5 Å². The van der Waals surface area contributed by atoms with E-state index in [0.717, 1.165) is 13.0 Å². The minimum Gasteiger partial charge on any atom is -0.465 e. The first-order chi connectivity index (χ1) is 14.7. The second-order valence-electron chi connectivity index (χ2n) is 8.75. The monoisotopic (exact) mass is 428 g/mol. The fraction of sp³-hybridized carbons (Fsp3) is 0.962. The van der Waals surface area contributed by atoms with E-state index in [1.807, 2.05) is 0 Å². The molecule has 0 aromatic carbocycles. The van der Waals surface area contributed by atoms with Crippen LogP contribution >= 0.6 is 0 Å². The SMILES string of the molecule is CCCCCCC(CCCC)COC(=O)CCCOCCOCC(CC)CCCC. The minimum absolute atomic E-state index is 0.0772. The standard InChI is InChI=1S/C26H52O4/c1-5-9-12-13-17-25(16-11-7-3)23-30-26(27)18-14-19-28-20-21-29-22-24(8-4)15-10-6-2/h24-25H,5-23H2,1-4H3. The Morgan fingerprint density at radius 2 is 1.27 bits per heavy atom. The van der Waals surface area contributed by atoms with Gasteiger partial charge in [-0.3, -0.25) is 4.79 Å². The summed E-state index contributed by atoms with van der Waals surface area (Å²) in [5.41, 5.74) is 0. The predicted molar refractivity (Wildman–Crippen MR) is 127 cm³/mol. The van der Waals surface area contributed by atoms with Crippen LogP contribution in [0.25, 0.3) is 0 Å². The Bertz CT molecular complexity index is 359. The average Bonchev–Trinajstić information content (AvgIpc) is 2.76. The summed E-state index contributed by atoms with van der Waals surface area (Å²) in [6.07, 6.45) is 16.1. The Balaban J connectivity index is 3.69. The summed E-state index contributed by atoms with van der Waals surface area (Å²) >= 11 is 0. The number of carbonyl (C=O) groups excluding carboxylic acids is 1. The van der Waals surface area contributed by atoms with Crippen LogP contribution in [0, 0.1) is 11.8 Å². The topological polar surface area (TPSA) is 44.8 Å². The van der Waals surface area contributed by atoms with Crippen LogP contribution < -0.4 is 0 Å². The van der Waals surface area contributed by atoms with Crippen LogP contribution in [0.5, 0.6) is 0 Å². The Kier molecular flexibility index (Phi) is 22.6. The Labute approximate surface area is 187 Å². The lowest BCUT2D eigenvalue weighted by atomic mass is 9.96. The second-order valence-corrected chi connectivity index (χ2v) is 8.75. The Morgan fingerprint density at radius 1 is 0.633 bits per heavy atom. The summed E-state index contributed by atoms with van der Waals surface area (Å²) in [6, 6.07) is 0. The lowest BCUT2D eigenvalue weighted by molar-refractivity contribution is -0.145. The summed E-state index contributed by atoms with van der Waals surface area (Å²) in [6.45, 7) is 12.2. The first kappa shape index (κ1) is 29.4. The summed E-state index contributed by atoms with van der Waals surface area (Å²) < 4.78 is 16.9.